The summed E-state index contributed by atoms with van der Waals surface area (Å²) in [5.74, 6) is 0. The van der Waals surface area contributed by atoms with Gasteiger partial charge in [0, 0.05) is 6.54 Å². The third-order valence-corrected chi connectivity index (χ3v) is 9.02. The summed E-state index contributed by atoms with van der Waals surface area (Å²) in [4.78, 5) is 13.9. The van der Waals surface area contributed by atoms with Crippen LogP contribution in [0.4, 0.5) is 4.79 Å². The van der Waals surface area contributed by atoms with Crippen LogP contribution in [0.15, 0.2) is 0 Å². The summed E-state index contributed by atoms with van der Waals surface area (Å²) in [6.07, 6.45) is 0.279. The Balaban J connectivity index is 0. The average molecular weight is 369 g/mol. The SMILES string of the molecule is CC(C)(C)OC(=O)N1C[C@H](O[Si](C)(C)C(C)(C)C)C[C@H]1CO.[BH4-].[Na+]. The third-order valence-electron chi connectivity index (χ3n) is 4.48. The summed E-state index contributed by atoms with van der Waals surface area (Å²) in [5, 5.41) is 9.69. The van der Waals surface area contributed by atoms with Gasteiger partial charge in [-0.2, -0.15) is 0 Å². The van der Waals surface area contributed by atoms with Gasteiger partial charge in [-0.15, -0.1) is 0 Å². The van der Waals surface area contributed by atoms with E-state index in [-0.39, 0.29) is 67.9 Å². The van der Waals surface area contributed by atoms with Crippen LogP contribution in [0.1, 0.15) is 48.0 Å². The molecule has 1 saturated heterocycles. The van der Waals surface area contributed by atoms with Crippen LogP contribution in [0.5, 0.6) is 0 Å². The van der Waals surface area contributed by atoms with Gasteiger partial charge in [-0.05, 0) is 45.3 Å². The van der Waals surface area contributed by atoms with Crippen molar-refractivity contribution in [2.75, 3.05) is 13.2 Å². The molecule has 0 aliphatic carbocycles. The summed E-state index contributed by atoms with van der Waals surface area (Å²) < 4.78 is 11.8. The molecule has 138 valence electrons. The fourth-order valence-electron chi connectivity index (χ4n) is 2.27. The molecule has 0 aromatic heterocycles. The molecule has 2 atom stereocenters. The third kappa shape index (κ3) is 7.38. The van der Waals surface area contributed by atoms with E-state index in [2.05, 4.69) is 33.9 Å². The molecule has 1 heterocycles. The number of amides is 1. The van der Waals surface area contributed by atoms with Crippen LogP contribution >= 0.6 is 0 Å². The number of nitrogens with zero attached hydrogens (tertiary/aromatic N) is 1. The number of hydrogen-bond acceptors (Lipinski definition) is 4. The summed E-state index contributed by atoms with van der Waals surface area (Å²) in [6.45, 7) is 17.0. The molecular weight excluding hydrogens is 332 g/mol. The predicted molar refractivity (Wildman–Crippen MR) is 102 cm³/mol. The smallest absolute Gasteiger partial charge is 0.444 e. The Morgan fingerprint density at radius 1 is 1.21 bits per heavy atom. The number of aliphatic hydroxyl groups is 1. The second kappa shape index (κ2) is 9.42. The van der Waals surface area contributed by atoms with Gasteiger partial charge in [0.1, 0.15) is 5.60 Å². The van der Waals surface area contributed by atoms with Crippen LogP contribution < -0.4 is 29.6 Å². The standard InChI is InChI=1S/C16H33NO4Si.BH4.Na/c1-15(2,3)20-14(19)17-10-13(9-12(17)11-18)21-22(7,8)16(4,5)6;;/h12-13,18H,9-11H2,1-8H3;1H4;/q;-1;+1/t12-,13+;;/m0../s1. The monoisotopic (exact) mass is 369 g/mol. The van der Waals surface area contributed by atoms with Gasteiger partial charge in [0.2, 0.25) is 0 Å². The van der Waals surface area contributed by atoms with Gasteiger partial charge in [-0.25, -0.2) is 4.79 Å². The van der Waals surface area contributed by atoms with Crippen LogP contribution in [0, 0.1) is 0 Å². The molecule has 5 nitrogen and oxygen atoms in total. The van der Waals surface area contributed by atoms with Crippen molar-refractivity contribution in [2.45, 2.75) is 83.8 Å². The van der Waals surface area contributed by atoms with E-state index in [1.165, 1.54) is 0 Å². The molecule has 0 radical (unpaired) electrons. The maximum atomic E-state index is 12.3. The molecule has 24 heavy (non-hydrogen) atoms. The van der Waals surface area contributed by atoms with Gasteiger partial charge in [0.25, 0.3) is 0 Å². The minimum Gasteiger partial charge on any atom is -0.444 e. The normalized spacial score (nSPS) is 21.8. The largest absolute Gasteiger partial charge is 1.00 e. The average Bonchev–Trinajstić information content (AvgIpc) is 2.67. The number of hydrogen-bond donors (Lipinski definition) is 1. The Kier molecular flexibility index (Phi) is 10.5. The predicted octanol–water partition coefficient (Wildman–Crippen LogP) is -1.07. The van der Waals surface area contributed by atoms with Gasteiger partial charge in [0.05, 0.1) is 18.8 Å². The second-order valence-corrected chi connectivity index (χ2v) is 13.5. The van der Waals surface area contributed by atoms with Gasteiger partial charge >= 0.3 is 35.7 Å². The topological polar surface area (TPSA) is 59.0 Å². The van der Waals surface area contributed by atoms with Crippen LogP contribution in [0.2, 0.25) is 18.1 Å². The van der Waals surface area contributed by atoms with E-state index in [0.29, 0.717) is 13.0 Å². The zero-order valence-corrected chi connectivity index (χ0v) is 19.4. The minimum atomic E-state index is -1.88. The van der Waals surface area contributed by atoms with E-state index in [4.69, 9.17) is 9.16 Å². The van der Waals surface area contributed by atoms with E-state index < -0.39 is 13.9 Å². The Labute approximate surface area is 172 Å². The van der Waals surface area contributed by atoms with Crippen molar-refractivity contribution in [3.8, 4) is 0 Å². The first-order valence-electron chi connectivity index (χ1n) is 8.05. The van der Waals surface area contributed by atoms with Crippen LogP contribution in [0.25, 0.3) is 0 Å². The molecule has 1 aliphatic heterocycles. The minimum absolute atomic E-state index is 0. The molecule has 0 aromatic carbocycles. The Morgan fingerprint density at radius 2 is 1.71 bits per heavy atom. The molecule has 0 spiro atoms. The number of aliphatic hydroxyl groups excluding tert-OH is 1. The molecule has 1 aliphatic rings. The molecule has 1 amide bonds. The van der Waals surface area contributed by atoms with Crippen LogP contribution in [0.3, 0.4) is 0 Å². The summed E-state index contributed by atoms with van der Waals surface area (Å²) in [7, 11) is -1.88. The van der Waals surface area contributed by atoms with Gasteiger partial charge in [-0.1, -0.05) is 29.2 Å². The maximum Gasteiger partial charge on any atom is 1.00 e. The van der Waals surface area contributed by atoms with Gasteiger partial charge < -0.3 is 19.2 Å². The number of rotatable bonds is 3. The van der Waals surface area contributed by atoms with Crippen molar-refractivity contribution in [2.24, 2.45) is 0 Å². The molecule has 0 saturated carbocycles. The summed E-state index contributed by atoms with van der Waals surface area (Å²) in [6, 6.07) is -0.218. The number of likely N-dealkylation sites (tertiary alicyclic amines) is 1. The van der Waals surface area contributed by atoms with E-state index in [1.807, 2.05) is 20.8 Å². The van der Waals surface area contributed by atoms with Crippen LogP contribution in [-0.2, 0) is 9.16 Å². The zero-order chi connectivity index (χ0) is 17.3. The molecule has 1 fully saturated rings. The fraction of sp³-hybridized carbons (Fsp3) is 0.938. The van der Waals surface area contributed by atoms with Gasteiger partial charge in [0.15, 0.2) is 8.32 Å². The second-order valence-electron chi connectivity index (χ2n) is 8.70. The van der Waals surface area contributed by atoms with E-state index in [0.717, 1.165) is 0 Å². The Morgan fingerprint density at radius 3 is 2.08 bits per heavy atom. The molecule has 1 N–H and O–H groups in total. The molecular formula is C16H37BNNaO4Si. The summed E-state index contributed by atoms with van der Waals surface area (Å²) >= 11 is 0. The van der Waals surface area contributed by atoms with Crippen molar-refractivity contribution in [3.63, 3.8) is 0 Å². The van der Waals surface area contributed by atoms with Crippen molar-refractivity contribution >= 4 is 22.8 Å². The van der Waals surface area contributed by atoms with Crippen molar-refractivity contribution < 1.29 is 48.6 Å². The molecule has 1 rings (SSSR count). The number of carbonyl (C=O) groups is 1. The number of ether oxygens (including phenoxy) is 1. The molecule has 0 unspecified atom stereocenters. The summed E-state index contributed by atoms with van der Waals surface area (Å²) in [5.41, 5.74) is -0.532. The quantitative estimate of drug-likeness (QED) is 0.644. The number of carbonyl (C=O) groups excluding carboxylic acids is 1. The Bertz CT molecular complexity index is 410. The molecule has 0 aromatic rings. The maximum absolute atomic E-state index is 12.3. The van der Waals surface area contributed by atoms with Crippen molar-refractivity contribution in [1.29, 1.82) is 0 Å². The fourth-order valence-corrected chi connectivity index (χ4v) is 3.63. The first kappa shape index (κ1) is 26.7. The molecule has 0 bridgehead atoms. The van der Waals surface area contributed by atoms with E-state index in [9.17, 15) is 9.90 Å². The van der Waals surface area contributed by atoms with Gasteiger partial charge in [-0.3, -0.25) is 0 Å². The van der Waals surface area contributed by atoms with Crippen molar-refractivity contribution in [1.82, 2.24) is 4.90 Å². The van der Waals surface area contributed by atoms with Crippen molar-refractivity contribution in [3.05, 3.63) is 0 Å². The van der Waals surface area contributed by atoms with E-state index in [1.54, 1.807) is 4.90 Å². The zero-order valence-electron chi connectivity index (χ0n) is 16.4. The first-order chi connectivity index (χ1) is 9.77. The molecule has 8 heteroatoms. The van der Waals surface area contributed by atoms with E-state index >= 15 is 0 Å². The van der Waals surface area contributed by atoms with Crippen LogP contribution in [-0.4, -0.2) is 63.7 Å². The Hall–Kier alpha value is 0.472. The first-order valence-corrected chi connectivity index (χ1v) is 11.0.